The molecule has 9 heteroatoms. The van der Waals surface area contributed by atoms with Crippen molar-refractivity contribution in [1.29, 1.82) is 0 Å². The maximum absolute atomic E-state index is 12.9. The third-order valence-corrected chi connectivity index (χ3v) is 13.3. The number of amides is 1. The summed E-state index contributed by atoms with van der Waals surface area (Å²) in [7, 11) is 1.26. The normalized spacial score (nSPS) is 14.6. The van der Waals surface area contributed by atoms with Crippen molar-refractivity contribution < 1.29 is 32.9 Å². The molecule has 0 radical (unpaired) electrons. The molecule has 0 saturated carbocycles. The van der Waals surface area contributed by atoms with Gasteiger partial charge in [0.25, 0.3) is 7.82 Å². The molecule has 0 aromatic rings. The Bertz CT molecular complexity index is 1400. The Balaban J connectivity index is 4.02. The van der Waals surface area contributed by atoms with E-state index >= 15 is 0 Å². The molecule has 0 heterocycles. The van der Waals surface area contributed by atoms with Gasteiger partial charge in [-0.05, 0) is 70.6 Å². The third-order valence-electron chi connectivity index (χ3n) is 12.4. The molecule has 0 aliphatic carbocycles. The van der Waals surface area contributed by atoms with Crippen LogP contribution in [-0.2, 0) is 18.4 Å². The summed E-state index contributed by atoms with van der Waals surface area (Å²) in [4.78, 5) is 25.4. The Morgan fingerprint density at radius 1 is 0.522 bits per heavy atom. The number of hydrogen-bond acceptors (Lipinski definition) is 6. The van der Waals surface area contributed by atoms with E-state index in [4.69, 9.17) is 9.05 Å². The van der Waals surface area contributed by atoms with Gasteiger partial charge in [0.2, 0.25) is 5.91 Å². The fourth-order valence-corrected chi connectivity index (χ4v) is 8.64. The average molecular weight is 986 g/mol. The number of aliphatic hydroxyl groups is 1. The molecule has 3 unspecified atom stereocenters. The van der Waals surface area contributed by atoms with Crippen molar-refractivity contribution in [2.24, 2.45) is 0 Å². The number of carbonyl (C=O) groups is 1. The molecule has 1 amide bonds. The van der Waals surface area contributed by atoms with Gasteiger partial charge in [-0.1, -0.05) is 247 Å². The molecule has 0 spiro atoms. The molecule has 0 aromatic heterocycles. The van der Waals surface area contributed by atoms with E-state index in [0.29, 0.717) is 17.4 Å². The van der Waals surface area contributed by atoms with Crippen molar-refractivity contribution in [3.05, 3.63) is 85.1 Å². The second-order valence-electron chi connectivity index (χ2n) is 20.3. The second-order valence-corrected chi connectivity index (χ2v) is 21.7. The van der Waals surface area contributed by atoms with Crippen molar-refractivity contribution in [3.8, 4) is 0 Å². The van der Waals surface area contributed by atoms with Crippen LogP contribution < -0.4 is 10.2 Å². The molecular weight excluding hydrogens is 876 g/mol. The molecule has 0 aliphatic heterocycles. The average Bonchev–Trinajstić information content (AvgIpc) is 3.31. The van der Waals surface area contributed by atoms with Crippen LogP contribution in [0.1, 0.15) is 239 Å². The van der Waals surface area contributed by atoms with Crippen molar-refractivity contribution in [1.82, 2.24) is 5.32 Å². The van der Waals surface area contributed by atoms with Gasteiger partial charge in [-0.25, -0.2) is 0 Å². The maximum Gasteiger partial charge on any atom is 0.268 e. The summed E-state index contributed by atoms with van der Waals surface area (Å²) in [6, 6.07) is -0.888. The molecule has 0 aliphatic rings. The predicted molar refractivity (Wildman–Crippen MR) is 297 cm³/mol. The van der Waals surface area contributed by atoms with Gasteiger partial charge < -0.3 is 28.8 Å². The first-order valence-corrected chi connectivity index (χ1v) is 29.9. The van der Waals surface area contributed by atoms with Gasteiger partial charge >= 0.3 is 0 Å². The zero-order chi connectivity index (χ0) is 50.6. The van der Waals surface area contributed by atoms with Crippen molar-refractivity contribution in [3.63, 3.8) is 0 Å². The summed E-state index contributed by atoms with van der Waals surface area (Å²) in [6.07, 6.45) is 70.9. The van der Waals surface area contributed by atoms with Gasteiger partial charge in [0.15, 0.2) is 0 Å². The number of hydrogen-bond donors (Lipinski definition) is 2. The molecule has 0 bridgehead atoms. The Labute approximate surface area is 426 Å². The highest BCUT2D eigenvalue weighted by Gasteiger charge is 2.23. The number of allylic oxidation sites excluding steroid dienone is 13. The van der Waals surface area contributed by atoms with Gasteiger partial charge in [-0.2, -0.15) is 0 Å². The molecule has 400 valence electrons. The monoisotopic (exact) mass is 985 g/mol. The summed E-state index contributed by atoms with van der Waals surface area (Å²) >= 11 is 0. The highest BCUT2D eigenvalue weighted by molar-refractivity contribution is 7.45. The summed E-state index contributed by atoms with van der Waals surface area (Å²) in [6.45, 7) is 4.52. The fraction of sp³-hybridized carbons (Fsp3) is 0.750. The van der Waals surface area contributed by atoms with E-state index in [1.807, 2.05) is 27.2 Å². The lowest BCUT2D eigenvalue weighted by Crippen LogP contribution is -2.45. The molecule has 3 atom stereocenters. The van der Waals surface area contributed by atoms with Crippen LogP contribution in [0.2, 0.25) is 0 Å². The number of phosphoric ester groups is 1. The molecule has 0 rings (SSSR count). The topological polar surface area (TPSA) is 108 Å². The Kier molecular flexibility index (Phi) is 48.9. The number of nitrogens with one attached hydrogen (secondary N) is 1. The SMILES string of the molecule is CC/C=C\C/C=C\C/C=C\C/C=C\C/C=C\C/C=C\CCCCCCCCCCCCCCCCCCC(=O)NC(COP(=O)([O-])OCC[N+](C)(C)C)C(O)/C=C/CCCCCCCCCCCC. The van der Waals surface area contributed by atoms with Crippen molar-refractivity contribution >= 4 is 13.7 Å². The molecule has 8 nitrogen and oxygen atoms in total. The van der Waals surface area contributed by atoms with E-state index in [9.17, 15) is 19.4 Å². The lowest BCUT2D eigenvalue weighted by atomic mass is 10.0. The number of phosphoric acid groups is 1. The fourth-order valence-electron chi connectivity index (χ4n) is 7.92. The standard InChI is InChI=1S/C60H109N2O6P/c1-6-8-10-12-14-16-18-20-21-22-23-24-25-26-27-28-29-30-31-32-33-34-35-36-37-38-39-40-41-42-44-46-48-50-52-54-60(64)61-58(57-68-69(65,66)67-56-55-62(3,4)5)59(63)53-51-49-47-45-43-19-17-15-13-11-9-7-2/h8,10,14,16,20-21,23-24,26-27,29-30,51,53,58-59,63H,6-7,9,11-13,15,17-19,22,25,28,31-50,52,54-57H2,1-5H3,(H-,61,64,65,66)/b10-8-,16-14-,21-20-,24-23-,27-26-,30-29-,53-51+. The van der Waals surface area contributed by atoms with Gasteiger partial charge in [-0.3, -0.25) is 9.36 Å². The quantitative estimate of drug-likeness (QED) is 0.0272. The number of unbranched alkanes of at least 4 members (excludes halogenated alkanes) is 26. The number of nitrogens with zero attached hydrogens (tertiary/aromatic N) is 1. The second kappa shape index (κ2) is 50.6. The maximum atomic E-state index is 12.9. The molecule has 69 heavy (non-hydrogen) atoms. The number of aliphatic hydroxyl groups excluding tert-OH is 1. The van der Waals surface area contributed by atoms with E-state index in [0.717, 1.165) is 77.0 Å². The summed E-state index contributed by atoms with van der Waals surface area (Å²) in [5.41, 5.74) is 0. The lowest BCUT2D eigenvalue weighted by molar-refractivity contribution is -0.870. The lowest BCUT2D eigenvalue weighted by Gasteiger charge is -2.29. The van der Waals surface area contributed by atoms with Crippen molar-refractivity contribution in [2.75, 3.05) is 40.9 Å². The summed E-state index contributed by atoms with van der Waals surface area (Å²) < 4.78 is 23.3. The number of quaternary nitrogens is 1. The van der Waals surface area contributed by atoms with E-state index < -0.39 is 20.0 Å². The van der Waals surface area contributed by atoms with Crippen LogP contribution >= 0.6 is 7.82 Å². The highest BCUT2D eigenvalue weighted by Crippen LogP contribution is 2.38. The molecular formula is C60H109N2O6P. The van der Waals surface area contributed by atoms with E-state index in [1.165, 1.54) is 141 Å². The zero-order valence-corrected chi connectivity index (χ0v) is 46.4. The smallest absolute Gasteiger partial charge is 0.268 e. The van der Waals surface area contributed by atoms with Crippen LogP contribution in [-0.4, -0.2) is 68.5 Å². The van der Waals surface area contributed by atoms with Crippen LogP contribution in [0.15, 0.2) is 85.1 Å². The molecule has 2 N–H and O–H groups in total. The first-order valence-electron chi connectivity index (χ1n) is 28.4. The van der Waals surface area contributed by atoms with E-state index in [2.05, 4.69) is 92.1 Å². The van der Waals surface area contributed by atoms with Crippen LogP contribution in [0.25, 0.3) is 0 Å². The first-order chi connectivity index (χ1) is 33.5. The Morgan fingerprint density at radius 2 is 0.884 bits per heavy atom. The first kappa shape index (κ1) is 66.7. The van der Waals surface area contributed by atoms with E-state index in [-0.39, 0.29) is 19.1 Å². The van der Waals surface area contributed by atoms with Crippen LogP contribution in [0.4, 0.5) is 0 Å². The minimum atomic E-state index is -4.59. The van der Waals surface area contributed by atoms with Gasteiger partial charge in [0.1, 0.15) is 13.2 Å². The minimum absolute atomic E-state index is 0.00289. The third kappa shape index (κ3) is 53.3. The molecule has 0 saturated heterocycles. The number of likely N-dealkylation sites (N-methyl/N-ethyl adjacent to an activating group) is 1. The van der Waals surface area contributed by atoms with Crippen LogP contribution in [0, 0.1) is 0 Å². The molecule has 0 fully saturated rings. The predicted octanol–water partition coefficient (Wildman–Crippen LogP) is 16.6. The summed E-state index contributed by atoms with van der Waals surface area (Å²) in [5, 5.41) is 13.8. The highest BCUT2D eigenvalue weighted by atomic mass is 31.2. The molecule has 0 aromatic carbocycles. The minimum Gasteiger partial charge on any atom is -0.756 e. The van der Waals surface area contributed by atoms with Crippen LogP contribution in [0.3, 0.4) is 0 Å². The Hall–Kier alpha value is -2.32. The van der Waals surface area contributed by atoms with Gasteiger partial charge in [-0.15, -0.1) is 0 Å². The van der Waals surface area contributed by atoms with Gasteiger partial charge in [0.05, 0.1) is 39.9 Å². The van der Waals surface area contributed by atoms with Gasteiger partial charge in [0, 0.05) is 6.42 Å². The largest absolute Gasteiger partial charge is 0.756 e. The van der Waals surface area contributed by atoms with Crippen LogP contribution in [0.5, 0.6) is 0 Å². The number of rotatable bonds is 51. The zero-order valence-electron chi connectivity index (χ0n) is 45.5. The van der Waals surface area contributed by atoms with E-state index in [1.54, 1.807) is 6.08 Å². The number of carbonyl (C=O) groups excluding carboxylic acids is 1. The van der Waals surface area contributed by atoms with Crippen molar-refractivity contribution in [2.45, 2.75) is 251 Å². The summed E-state index contributed by atoms with van der Waals surface area (Å²) in [5.74, 6) is -0.200. The Morgan fingerprint density at radius 3 is 1.29 bits per heavy atom.